The Bertz CT molecular complexity index is 1450. The van der Waals surface area contributed by atoms with Crippen molar-refractivity contribution in [3.8, 4) is 11.1 Å². The second-order valence-corrected chi connectivity index (χ2v) is 10.8. The Balaban J connectivity index is 1.32. The van der Waals surface area contributed by atoms with Crippen LogP contribution in [0.5, 0.6) is 0 Å². The number of fused-ring (bicyclic) bond motifs is 1. The lowest BCUT2D eigenvalue weighted by Crippen LogP contribution is -2.48. The van der Waals surface area contributed by atoms with Crippen LogP contribution >= 0.6 is 0 Å². The number of alkyl halides is 3. The van der Waals surface area contributed by atoms with Gasteiger partial charge in [-0.3, -0.25) is 4.79 Å². The van der Waals surface area contributed by atoms with E-state index in [-0.39, 0.29) is 40.9 Å². The third-order valence-corrected chi connectivity index (χ3v) is 8.40. The predicted octanol–water partition coefficient (Wildman–Crippen LogP) is 3.77. The number of sulfonamides is 1. The highest BCUT2D eigenvalue weighted by atomic mass is 32.2. The van der Waals surface area contributed by atoms with E-state index in [1.54, 1.807) is 0 Å². The number of piperidine rings is 1. The molecule has 0 spiro atoms. The third kappa shape index (κ3) is 4.92. The van der Waals surface area contributed by atoms with Crippen molar-refractivity contribution >= 4 is 15.9 Å². The molecule has 0 bridgehead atoms. The second kappa shape index (κ2) is 9.14. The van der Waals surface area contributed by atoms with Gasteiger partial charge in [-0.15, -0.1) is 0 Å². The summed E-state index contributed by atoms with van der Waals surface area (Å²) in [4.78, 5) is 19.5. The van der Waals surface area contributed by atoms with Crippen molar-refractivity contribution in [3.05, 3.63) is 77.9 Å². The van der Waals surface area contributed by atoms with E-state index in [9.17, 15) is 35.2 Å². The molecular weight excluding hydrogens is 519 g/mol. The van der Waals surface area contributed by atoms with Gasteiger partial charge in [0.1, 0.15) is 17.7 Å². The molecule has 2 fully saturated rings. The third-order valence-electron chi connectivity index (χ3n) is 6.53. The van der Waals surface area contributed by atoms with Crippen LogP contribution in [0.4, 0.5) is 22.0 Å². The lowest BCUT2D eigenvalue weighted by atomic mass is 10.0. The Morgan fingerprint density at radius 3 is 2.35 bits per heavy atom. The second-order valence-electron chi connectivity index (χ2n) is 8.95. The maximum absolute atomic E-state index is 14.5. The fourth-order valence-electron chi connectivity index (χ4n) is 4.54. The van der Waals surface area contributed by atoms with E-state index < -0.39 is 45.6 Å². The van der Waals surface area contributed by atoms with E-state index in [0.717, 1.165) is 47.0 Å². The number of hydrogen-bond donors (Lipinski definition) is 1. The Labute approximate surface area is 208 Å². The SMILES string of the molecule is O=C(NCc1cc(-c2cnc(C(F)(F)F)nc2)ccc1F)[C@@H]1[C@H]2CC2CN1S(=O)(=O)c1ccc(F)cc1. The number of nitrogens with zero attached hydrogens (tertiary/aromatic N) is 3. The maximum Gasteiger partial charge on any atom is 0.451 e. The van der Waals surface area contributed by atoms with Crippen LogP contribution in [0.2, 0.25) is 0 Å². The zero-order chi connectivity index (χ0) is 26.5. The zero-order valence-corrected chi connectivity index (χ0v) is 19.7. The summed E-state index contributed by atoms with van der Waals surface area (Å²) in [6.45, 7) is -0.126. The number of carbonyl (C=O) groups excluding carboxylic acids is 1. The molecule has 0 radical (unpaired) electrons. The maximum atomic E-state index is 14.5. The van der Waals surface area contributed by atoms with Crippen LogP contribution in [0, 0.1) is 23.5 Å². The topological polar surface area (TPSA) is 92.3 Å². The first kappa shape index (κ1) is 25.2. The molecule has 5 rings (SSSR count). The predicted molar refractivity (Wildman–Crippen MR) is 120 cm³/mol. The molecule has 2 heterocycles. The van der Waals surface area contributed by atoms with Crippen LogP contribution in [0.15, 0.2) is 59.8 Å². The number of aromatic nitrogens is 2. The quantitative estimate of drug-likeness (QED) is 0.483. The van der Waals surface area contributed by atoms with E-state index in [2.05, 4.69) is 15.3 Å². The standard InChI is InChI=1S/C24H19F5N4O3S/c25-17-2-4-18(5-3-17)37(35,36)33-12-15-8-19(15)21(33)22(34)30-9-14-7-13(1-6-20(14)26)16-10-31-23(32-11-16)24(27,28)29/h1-7,10-11,15,19,21H,8-9,12H2,(H,30,34)/t15?,19-,21-/m0/s1. The van der Waals surface area contributed by atoms with Gasteiger partial charge < -0.3 is 5.32 Å². The fourth-order valence-corrected chi connectivity index (χ4v) is 6.23. The van der Waals surface area contributed by atoms with Crippen LogP contribution in [-0.2, 0) is 27.5 Å². The van der Waals surface area contributed by atoms with Gasteiger partial charge in [0.15, 0.2) is 0 Å². The summed E-state index contributed by atoms with van der Waals surface area (Å²) in [5, 5.41) is 2.58. The molecule has 1 saturated carbocycles. The van der Waals surface area contributed by atoms with E-state index >= 15 is 0 Å². The molecule has 1 aliphatic heterocycles. The summed E-state index contributed by atoms with van der Waals surface area (Å²) in [5.41, 5.74) is 0.598. The van der Waals surface area contributed by atoms with Crippen molar-refractivity contribution in [2.45, 2.75) is 30.1 Å². The minimum atomic E-state index is -4.70. The van der Waals surface area contributed by atoms with E-state index in [0.29, 0.717) is 12.0 Å². The molecule has 1 saturated heterocycles. The van der Waals surface area contributed by atoms with Crippen molar-refractivity contribution in [3.63, 3.8) is 0 Å². The van der Waals surface area contributed by atoms with Crippen LogP contribution in [-0.4, -0.2) is 41.2 Å². The van der Waals surface area contributed by atoms with Gasteiger partial charge in [-0.2, -0.15) is 17.5 Å². The molecule has 3 atom stereocenters. The lowest BCUT2D eigenvalue weighted by Gasteiger charge is -2.26. The monoisotopic (exact) mass is 538 g/mol. The van der Waals surface area contributed by atoms with Crippen molar-refractivity contribution in [1.82, 2.24) is 19.6 Å². The van der Waals surface area contributed by atoms with Crippen LogP contribution in [0.25, 0.3) is 11.1 Å². The van der Waals surface area contributed by atoms with E-state index in [4.69, 9.17) is 0 Å². The highest BCUT2D eigenvalue weighted by Gasteiger charge is 2.58. The number of amides is 1. The summed E-state index contributed by atoms with van der Waals surface area (Å²) in [6.07, 6.45) is -2.08. The van der Waals surface area contributed by atoms with Gasteiger partial charge in [-0.05, 0) is 60.2 Å². The summed E-state index contributed by atoms with van der Waals surface area (Å²) < 4.78 is 93.2. The number of nitrogens with one attached hydrogen (secondary N) is 1. The van der Waals surface area contributed by atoms with Crippen molar-refractivity contribution in [2.24, 2.45) is 11.8 Å². The highest BCUT2D eigenvalue weighted by molar-refractivity contribution is 7.89. The minimum absolute atomic E-state index is 0.0331. The molecule has 37 heavy (non-hydrogen) atoms. The van der Waals surface area contributed by atoms with E-state index in [1.165, 1.54) is 12.1 Å². The van der Waals surface area contributed by atoms with Crippen molar-refractivity contribution < 1.29 is 35.2 Å². The average molecular weight is 538 g/mol. The zero-order valence-electron chi connectivity index (χ0n) is 18.9. The Kier molecular flexibility index (Phi) is 6.23. The number of hydrogen-bond acceptors (Lipinski definition) is 5. The number of halogens is 5. The molecule has 2 aromatic carbocycles. The number of rotatable bonds is 6. The van der Waals surface area contributed by atoms with Gasteiger partial charge in [0, 0.05) is 36.6 Å². The summed E-state index contributed by atoms with van der Waals surface area (Å²) in [7, 11) is -4.06. The molecule has 13 heteroatoms. The van der Waals surface area contributed by atoms with Crippen LogP contribution in [0.3, 0.4) is 0 Å². The van der Waals surface area contributed by atoms with Gasteiger partial charge in [-0.1, -0.05) is 6.07 Å². The normalized spacial score (nSPS) is 21.5. The van der Waals surface area contributed by atoms with Gasteiger partial charge >= 0.3 is 6.18 Å². The minimum Gasteiger partial charge on any atom is -0.351 e. The summed E-state index contributed by atoms with van der Waals surface area (Å²) >= 11 is 0. The summed E-state index contributed by atoms with van der Waals surface area (Å²) in [6, 6.07) is 7.12. The van der Waals surface area contributed by atoms with Crippen LogP contribution in [0.1, 0.15) is 17.8 Å². The lowest BCUT2D eigenvalue weighted by molar-refractivity contribution is -0.145. The molecule has 1 unspecified atom stereocenters. The molecule has 1 N–H and O–H groups in total. The average Bonchev–Trinajstić information content (AvgIpc) is 3.52. The van der Waals surface area contributed by atoms with Crippen LogP contribution < -0.4 is 5.32 Å². The van der Waals surface area contributed by atoms with Gasteiger partial charge in [-0.25, -0.2) is 27.2 Å². The molecule has 194 valence electrons. The first-order valence-electron chi connectivity index (χ1n) is 11.2. The first-order valence-corrected chi connectivity index (χ1v) is 12.6. The smallest absolute Gasteiger partial charge is 0.351 e. The Morgan fingerprint density at radius 2 is 1.70 bits per heavy atom. The number of carbonyl (C=O) groups is 1. The van der Waals surface area contributed by atoms with E-state index in [1.807, 2.05) is 0 Å². The summed E-state index contributed by atoms with van der Waals surface area (Å²) in [5.74, 6) is -3.30. The molecule has 1 aliphatic carbocycles. The van der Waals surface area contributed by atoms with Crippen molar-refractivity contribution in [2.75, 3.05) is 6.54 Å². The molecular formula is C24H19F5N4O3S. The molecule has 3 aromatic rings. The number of benzene rings is 2. The van der Waals surface area contributed by atoms with Crippen molar-refractivity contribution in [1.29, 1.82) is 0 Å². The molecule has 7 nitrogen and oxygen atoms in total. The van der Waals surface area contributed by atoms with Gasteiger partial charge in [0.2, 0.25) is 21.8 Å². The fraction of sp³-hybridized carbons (Fsp3) is 0.292. The highest BCUT2D eigenvalue weighted by Crippen LogP contribution is 2.51. The largest absolute Gasteiger partial charge is 0.451 e. The Hall–Kier alpha value is -3.45. The van der Waals surface area contributed by atoms with Gasteiger partial charge in [0.25, 0.3) is 0 Å². The molecule has 1 aromatic heterocycles. The Morgan fingerprint density at radius 1 is 1.03 bits per heavy atom. The molecule has 1 amide bonds. The van der Waals surface area contributed by atoms with Gasteiger partial charge in [0.05, 0.1) is 4.90 Å². The molecule has 2 aliphatic rings. The first-order chi connectivity index (χ1) is 17.4.